The Bertz CT molecular complexity index is 1290. The second kappa shape index (κ2) is 8.72. The van der Waals surface area contributed by atoms with Gasteiger partial charge in [0.25, 0.3) is 5.91 Å². The fourth-order valence-electron chi connectivity index (χ4n) is 3.50. The SMILES string of the molecule is Cc1ccc(-c2ccn3nc(N)nc3c2)c(F)c1C(=O)NCC[C@H](O)c1ccc(F)cc1. The molecule has 0 aliphatic rings. The van der Waals surface area contributed by atoms with E-state index in [2.05, 4.69) is 15.4 Å². The molecule has 1 amide bonds. The Kier molecular flexibility index (Phi) is 5.83. The number of nitrogen functional groups attached to an aromatic ring is 1. The van der Waals surface area contributed by atoms with Crippen molar-refractivity contribution in [3.05, 3.63) is 83.1 Å². The quantitative estimate of drug-likeness (QED) is 0.429. The van der Waals surface area contributed by atoms with E-state index < -0.39 is 23.6 Å². The standard InChI is InChI=1S/C23H21F2N5O2/c1-13-2-7-17(15-9-11-30-19(12-15)28-23(26)29-30)21(25)20(13)22(32)27-10-8-18(31)14-3-5-16(24)6-4-14/h2-7,9,11-12,18,31H,8,10H2,1H3,(H2,26,29)(H,27,32)/t18-/m0/s1. The number of amides is 1. The number of aliphatic hydroxyl groups is 1. The molecular weight excluding hydrogens is 416 g/mol. The molecule has 2 heterocycles. The van der Waals surface area contributed by atoms with Crippen molar-refractivity contribution < 1.29 is 18.7 Å². The molecule has 0 saturated heterocycles. The summed E-state index contributed by atoms with van der Waals surface area (Å²) in [6.45, 7) is 1.77. The van der Waals surface area contributed by atoms with Crippen LogP contribution in [0.3, 0.4) is 0 Å². The van der Waals surface area contributed by atoms with E-state index in [4.69, 9.17) is 5.73 Å². The molecule has 0 unspecified atom stereocenters. The summed E-state index contributed by atoms with van der Waals surface area (Å²) >= 11 is 0. The summed E-state index contributed by atoms with van der Waals surface area (Å²) in [4.78, 5) is 16.8. The van der Waals surface area contributed by atoms with Gasteiger partial charge in [0.2, 0.25) is 5.95 Å². The molecule has 0 spiro atoms. The third-order valence-corrected chi connectivity index (χ3v) is 5.20. The lowest BCUT2D eigenvalue weighted by Gasteiger charge is -2.14. The Balaban J connectivity index is 1.51. The summed E-state index contributed by atoms with van der Waals surface area (Å²) in [6, 6.07) is 12.0. The van der Waals surface area contributed by atoms with Crippen molar-refractivity contribution in [2.45, 2.75) is 19.4 Å². The van der Waals surface area contributed by atoms with Crippen molar-refractivity contribution in [3.63, 3.8) is 0 Å². The van der Waals surface area contributed by atoms with E-state index in [0.29, 0.717) is 22.3 Å². The van der Waals surface area contributed by atoms with Crippen molar-refractivity contribution in [2.24, 2.45) is 0 Å². The summed E-state index contributed by atoms with van der Waals surface area (Å²) < 4.78 is 29.8. The Labute approximate surface area is 182 Å². The summed E-state index contributed by atoms with van der Waals surface area (Å²) in [7, 11) is 0. The Morgan fingerprint density at radius 2 is 1.94 bits per heavy atom. The van der Waals surface area contributed by atoms with Gasteiger partial charge in [-0.3, -0.25) is 4.79 Å². The average molecular weight is 437 g/mol. The van der Waals surface area contributed by atoms with Crippen LogP contribution in [-0.4, -0.2) is 32.2 Å². The topological polar surface area (TPSA) is 106 Å². The number of aryl methyl sites for hydroxylation is 1. The van der Waals surface area contributed by atoms with E-state index in [1.54, 1.807) is 37.4 Å². The first kappa shape index (κ1) is 21.4. The number of aliphatic hydroxyl groups excluding tert-OH is 1. The number of rotatable bonds is 6. The van der Waals surface area contributed by atoms with Gasteiger partial charge in [0.1, 0.15) is 11.6 Å². The summed E-state index contributed by atoms with van der Waals surface area (Å²) in [5.74, 6) is -1.53. The number of nitrogens with zero attached hydrogens (tertiary/aromatic N) is 3. The maximum absolute atomic E-state index is 15.4. The molecule has 4 aromatic rings. The van der Waals surface area contributed by atoms with Crippen LogP contribution in [0.25, 0.3) is 16.8 Å². The van der Waals surface area contributed by atoms with E-state index in [1.165, 1.54) is 28.8 Å². The smallest absolute Gasteiger partial charge is 0.254 e. The molecule has 0 saturated carbocycles. The Morgan fingerprint density at radius 3 is 2.69 bits per heavy atom. The lowest BCUT2D eigenvalue weighted by Crippen LogP contribution is -2.27. The van der Waals surface area contributed by atoms with Crippen LogP contribution < -0.4 is 11.1 Å². The van der Waals surface area contributed by atoms with E-state index in [0.717, 1.165) is 0 Å². The first-order valence-corrected chi connectivity index (χ1v) is 9.96. The van der Waals surface area contributed by atoms with Gasteiger partial charge in [-0.05, 0) is 54.3 Å². The molecule has 7 nitrogen and oxygen atoms in total. The molecule has 9 heteroatoms. The molecule has 4 N–H and O–H groups in total. The van der Waals surface area contributed by atoms with Gasteiger partial charge in [0, 0.05) is 18.3 Å². The van der Waals surface area contributed by atoms with Crippen molar-refractivity contribution in [2.75, 3.05) is 12.3 Å². The van der Waals surface area contributed by atoms with Crippen LogP contribution in [0.4, 0.5) is 14.7 Å². The van der Waals surface area contributed by atoms with E-state index >= 15 is 4.39 Å². The minimum atomic E-state index is -0.879. The number of benzene rings is 2. The van der Waals surface area contributed by atoms with Crippen LogP contribution in [0, 0.1) is 18.6 Å². The van der Waals surface area contributed by atoms with Crippen LogP contribution >= 0.6 is 0 Å². The van der Waals surface area contributed by atoms with Crippen LogP contribution in [-0.2, 0) is 0 Å². The van der Waals surface area contributed by atoms with Gasteiger partial charge in [0.15, 0.2) is 5.65 Å². The molecule has 1 atom stereocenters. The van der Waals surface area contributed by atoms with E-state index in [9.17, 15) is 14.3 Å². The zero-order chi connectivity index (χ0) is 22.8. The molecule has 0 bridgehead atoms. The minimum absolute atomic E-state index is 0.0698. The highest BCUT2D eigenvalue weighted by Gasteiger charge is 2.20. The zero-order valence-corrected chi connectivity index (χ0v) is 17.2. The first-order chi connectivity index (χ1) is 15.3. The number of halogens is 2. The lowest BCUT2D eigenvalue weighted by molar-refractivity contribution is 0.0938. The highest BCUT2D eigenvalue weighted by molar-refractivity contribution is 5.97. The van der Waals surface area contributed by atoms with Crippen LogP contribution in [0.5, 0.6) is 0 Å². The molecule has 0 aliphatic heterocycles. The van der Waals surface area contributed by atoms with Crippen LogP contribution in [0.2, 0.25) is 0 Å². The molecule has 164 valence electrons. The van der Waals surface area contributed by atoms with E-state index in [-0.39, 0.29) is 30.0 Å². The summed E-state index contributed by atoms with van der Waals surface area (Å²) in [6.07, 6.45) is 0.933. The van der Waals surface area contributed by atoms with Gasteiger partial charge in [-0.1, -0.05) is 24.3 Å². The molecule has 4 rings (SSSR count). The van der Waals surface area contributed by atoms with Gasteiger partial charge < -0.3 is 16.2 Å². The molecule has 0 aliphatic carbocycles. The zero-order valence-electron chi connectivity index (χ0n) is 17.2. The third kappa shape index (κ3) is 4.28. The normalized spacial score (nSPS) is 12.1. The van der Waals surface area contributed by atoms with Gasteiger partial charge in [-0.15, -0.1) is 5.10 Å². The average Bonchev–Trinajstić information content (AvgIpc) is 3.13. The highest BCUT2D eigenvalue weighted by Crippen LogP contribution is 2.28. The van der Waals surface area contributed by atoms with Crippen molar-refractivity contribution in [3.8, 4) is 11.1 Å². The maximum Gasteiger partial charge on any atom is 0.254 e. The molecule has 2 aromatic carbocycles. The maximum atomic E-state index is 15.4. The third-order valence-electron chi connectivity index (χ3n) is 5.20. The monoisotopic (exact) mass is 437 g/mol. The van der Waals surface area contributed by atoms with Gasteiger partial charge >= 0.3 is 0 Å². The van der Waals surface area contributed by atoms with Crippen LogP contribution in [0.15, 0.2) is 54.7 Å². The lowest BCUT2D eigenvalue weighted by atomic mass is 9.98. The number of carbonyl (C=O) groups excluding carboxylic acids is 1. The van der Waals surface area contributed by atoms with Crippen LogP contribution in [0.1, 0.15) is 34.0 Å². The van der Waals surface area contributed by atoms with Gasteiger partial charge in [-0.25, -0.2) is 13.3 Å². The molecule has 0 fully saturated rings. The first-order valence-electron chi connectivity index (χ1n) is 9.96. The fraction of sp³-hybridized carbons (Fsp3) is 0.174. The summed E-state index contributed by atoms with van der Waals surface area (Å²) in [5, 5.41) is 16.9. The van der Waals surface area contributed by atoms with Gasteiger partial charge in [-0.2, -0.15) is 4.98 Å². The second-order valence-electron chi connectivity index (χ2n) is 7.42. The number of nitrogens with one attached hydrogen (secondary N) is 1. The number of fused-ring (bicyclic) bond motifs is 1. The van der Waals surface area contributed by atoms with Crippen molar-refractivity contribution >= 4 is 17.5 Å². The number of anilines is 1. The molecule has 32 heavy (non-hydrogen) atoms. The molecule has 2 aromatic heterocycles. The number of hydrogen-bond acceptors (Lipinski definition) is 5. The second-order valence-corrected chi connectivity index (χ2v) is 7.42. The van der Waals surface area contributed by atoms with Crippen molar-refractivity contribution in [1.29, 1.82) is 0 Å². The minimum Gasteiger partial charge on any atom is -0.388 e. The largest absolute Gasteiger partial charge is 0.388 e. The van der Waals surface area contributed by atoms with Gasteiger partial charge in [0.05, 0.1) is 11.7 Å². The number of nitrogens with two attached hydrogens (primary N) is 1. The fourth-order valence-corrected chi connectivity index (χ4v) is 3.50. The Hall–Kier alpha value is -3.85. The van der Waals surface area contributed by atoms with Crippen molar-refractivity contribution in [1.82, 2.24) is 19.9 Å². The van der Waals surface area contributed by atoms with E-state index in [1.807, 2.05) is 0 Å². The number of carbonyl (C=O) groups is 1. The number of pyridine rings is 1. The Morgan fingerprint density at radius 1 is 1.19 bits per heavy atom. The number of aromatic nitrogens is 3. The highest BCUT2D eigenvalue weighted by atomic mass is 19.1. The predicted molar refractivity (Wildman–Crippen MR) is 116 cm³/mol. The molecular formula is C23H21F2N5O2. The molecule has 0 radical (unpaired) electrons. The predicted octanol–water partition coefficient (Wildman–Crippen LogP) is 3.42. The summed E-state index contributed by atoms with van der Waals surface area (Å²) in [5.41, 5.74) is 7.78. The number of hydrogen-bond donors (Lipinski definition) is 3.